The lowest BCUT2D eigenvalue weighted by molar-refractivity contribution is -0.143. The molecule has 0 radical (unpaired) electrons. The minimum Gasteiger partial charge on any atom is -0.480 e. The van der Waals surface area contributed by atoms with Gasteiger partial charge in [0.1, 0.15) is 17.8 Å². The molecule has 174 valence electrons. The summed E-state index contributed by atoms with van der Waals surface area (Å²) in [4.78, 5) is 51.5. The number of hydrogen-bond donors (Lipinski definition) is 2. The fourth-order valence-corrected chi connectivity index (χ4v) is 3.57. The number of hydrogen-bond acceptors (Lipinski definition) is 5. The van der Waals surface area contributed by atoms with Crippen LogP contribution in [0.3, 0.4) is 0 Å². The topological polar surface area (TPSA) is 116 Å². The van der Waals surface area contributed by atoms with Crippen molar-refractivity contribution in [2.75, 3.05) is 14.1 Å². The van der Waals surface area contributed by atoms with Crippen LogP contribution in [0.2, 0.25) is 0 Å². The molecule has 0 aliphatic carbocycles. The molecule has 1 saturated heterocycles. The summed E-state index contributed by atoms with van der Waals surface area (Å²) in [5, 5.41) is 12.2. The zero-order valence-corrected chi connectivity index (χ0v) is 18.6. The molecule has 3 amide bonds. The minimum absolute atomic E-state index is 0.0440. The number of aliphatic carboxylic acids is 1. The van der Waals surface area contributed by atoms with E-state index in [2.05, 4.69) is 5.32 Å². The van der Waals surface area contributed by atoms with Crippen molar-refractivity contribution < 1.29 is 29.0 Å². The molecule has 1 aliphatic rings. The summed E-state index contributed by atoms with van der Waals surface area (Å²) < 4.78 is 5.15. The molecule has 1 fully saturated rings. The predicted octanol–water partition coefficient (Wildman–Crippen LogP) is 2.05. The highest BCUT2D eigenvalue weighted by molar-refractivity contribution is 5.93. The number of carboxylic acids is 1. The fraction of sp³-hybridized carbons (Fsp3) is 0.333. The van der Waals surface area contributed by atoms with Crippen LogP contribution in [0.1, 0.15) is 24.0 Å². The summed E-state index contributed by atoms with van der Waals surface area (Å²) in [7, 11) is 3.13. The smallest absolute Gasteiger partial charge is 0.414 e. The number of amides is 3. The van der Waals surface area contributed by atoms with Crippen molar-refractivity contribution in [2.24, 2.45) is 0 Å². The molecule has 0 spiro atoms. The fourth-order valence-electron chi connectivity index (χ4n) is 3.57. The lowest BCUT2D eigenvalue weighted by Crippen LogP contribution is -2.50. The van der Waals surface area contributed by atoms with E-state index < -0.39 is 30.1 Å². The van der Waals surface area contributed by atoms with Gasteiger partial charge in [-0.1, -0.05) is 42.5 Å². The van der Waals surface area contributed by atoms with Crippen molar-refractivity contribution in [1.82, 2.24) is 15.1 Å². The quantitative estimate of drug-likeness (QED) is 0.632. The van der Waals surface area contributed by atoms with Crippen molar-refractivity contribution >= 4 is 23.9 Å². The van der Waals surface area contributed by atoms with E-state index in [4.69, 9.17) is 4.74 Å². The molecule has 9 nitrogen and oxygen atoms in total. The van der Waals surface area contributed by atoms with E-state index in [9.17, 15) is 24.3 Å². The van der Waals surface area contributed by atoms with E-state index in [-0.39, 0.29) is 18.7 Å². The van der Waals surface area contributed by atoms with Gasteiger partial charge in [-0.2, -0.15) is 0 Å². The first-order valence-electron chi connectivity index (χ1n) is 10.6. The molecule has 9 heteroatoms. The van der Waals surface area contributed by atoms with Crippen molar-refractivity contribution in [3.8, 4) is 5.75 Å². The molecule has 0 saturated carbocycles. The Morgan fingerprint density at radius 3 is 2.36 bits per heavy atom. The molecule has 3 rings (SSSR count). The third-order valence-corrected chi connectivity index (χ3v) is 5.37. The third kappa shape index (κ3) is 6.31. The number of nitrogens with one attached hydrogen (secondary N) is 1. The van der Waals surface area contributed by atoms with Crippen LogP contribution in [-0.4, -0.2) is 65.0 Å². The number of carbonyl (C=O) groups excluding carboxylic acids is 3. The van der Waals surface area contributed by atoms with Crippen LogP contribution in [0.15, 0.2) is 54.6 Å². The van der Waals surface area contributed by atoms with E-state index in [0.29, 0.717) is 24.3 Å². The Balaban J connectivity index is 1.64. The standard InChI is InChI=1S/C24H27N3O6/c1-26(2)24(32)33-18-10-8-16(9-11-18)14-19(23(30)31)25-22(29)20-12-13-21(28)27(20)15-17-6-4-3-5-7-17/h3-11,19-20H,12-15H2,1-2H3,(H,25,29)(H,30,31)/t19-,20-/m0/s1. The average molecular weight is 453 g/mol. The monoisotopic (exact) mass is 453 g/mol. The van der Waals surface area contributed by atoms with Crippen molar-refractivity contribution in [2.45, 2.75) is 37.9 Å². The Morgan fingerprint density at radius 1 is 1.09 bits per heavy atom. The normalized spacial score (nSPS) is 16.2. The molecule has 0 aromatic heterocycles. The van der Waals surface area contributed by atoms with Crippen LogP contribution < -0.4 is 10.1 Å². The van der Waals surface area contributed by atoms with Crippen molar-refractivity contribution in [3.05, 3.63) is 65.7 Å². The van der Waals surface area contributed by atoms with E-state index in [0.717, 1.165) is 5.56 Å². The largest absolute Gasteiger partial charge is 0.480 e. The number of ether oxygens (including phenoxy) is 1. The first-order chi connectivity index (χ1) is 15.7. The maximum atomic E-state index is 12.9. The van der Waals surface area contributed by atoms with Gasteiger partial charge in [-0.25, -0.2) is 9.59 Å². The van der Waals surface area contributed by atoms with Crippen LogP contribution in [0.25, 0.3) is 0 Å². The summed E-state index contributed by atoms with van der Waals surface area (Å²) in [5.41, 5.74) is 1.55. The highest BCUT2D eigenvalue weighted by atomic mass is 16.6. The Labute approximate surface area is 191 Å². The van der Waals surface area contributed by atoms with Gasteiger partial charge in [0.15, 0.2) is 0 Å². The van der Waals surface area contributed by atoms with Crippen LogP contribution in [0.4, 0.5) is 4.79 Å². The molecular weight excluding hydrogens is 426 g/mol. The van der Waals surface area contributed by atoms with Crippen molar-refractivity contribution in [3.63, 3.8) is 0 Å². The molecule has 1 heterocycles. The number of rotatable bonds is 8. The molecule has 2 aromatic carbocycles. The zero-order chi connectivity index (χ0) is 24.0. The van der Waals surface area contributed by atoms with Crippen LogP contribution in [0, 0.1) is 0 Å². The number of carboxylic acid groups (broad SMARTS) is 1. The van der Waals surface area contributed by atoms with Gasteiger partial charge in [-0.3, -0.25) is 9.59 Å². The zero-order valence-electron chi connectivity index (χ0n) is 18.6. The predicted molar refractivity (Wildman–Crippen MR) is 119 cm³/mol. The van der Waals surface area contributed by atoms with E-state index in [1.165, 1.54) is 9.80 Å². The second-order valence-electron chi connectivity index (χ2n) is 8.07. The highest BCUT2D eigenvalue weighted by Gasteiger charge is 2.37. The highest BCUT2D eigenvalue weighted by Crippen LogP contribution is 2.22. The Morgan fingerprint density at radius 2 is 1.76 bits per heavy atom. The maximum absolute atomic E-state index is 12.9. The summed E-state index contributed by atoms with van der Waals surface area (Å²) in [6.45, 7) is 0.294. The summed E-state index contributed by atoms with van der Waals surface area (Å²) >= 11 is 0. The summed E-state index contributed by atoms with van der Waals surface area (Å²) in [5.74, 6) is -1.46. The molecule has 2 aromatic rings. The first-order valence-corrected chi connectivity index (χ1v) is 10.6. The molecule has 2 atom stereocenters. The second kappa shape index (κ2) is 10.6. The van der Waals surface area contributed by atoms with Gasteiger partial charge in [0.2, 0.25) is 11.8 Å². The molecular formula is C24H27N3O6. The summed E-state index contributed by atoms with van der Waals surface area (Å²) in [6, 6.07) is 13.9. The SMILES string of the molecule is CN(C)C(=O)Oc1ccc(C[C@H](NC(=O)[C@@H]2CCC(=O)N2Cc2ccccc2)C(=O)O)cc1. The van der Waals surface area contributed by atoms with Crippen LogP contribution in [0.5, 0.6) is 5.75 Å². The Bertz CT molecular complexity index is 1010. The van der Waals surface area contributed by atoms with Gasteiger partial charge >= 0.3 is 12.1 Å². The number of likely N-dealkylation sites (tertiary alicyclic amines) is 1. The lowest BCUT2D eigenvalue weighted by atomic mass is 10.0. The van der Waals surface area contributed by atoms with Gasteiger partial charge in [-0.05, 0) is 29.7 Å². The molecule has 0 unspecified atom stereocenters. The third-order valence-electron chi connectivity index (χ3n) is 5.37. The van der Waals surface area contributed by atoms with Gasteiger partial charge in [-0.15, -0.1) is 0 Å². The van der Waals surface area contributed by atoms with Gasteiger partial charge in [0, 0.05) is 33.5 Å². The molecule has 1 aliphatic heterocycles. The molecule has 2 N–H and O–H groups in total. The maximum Gasteiger partial charge on any atom is 0.414 e. The van der Waals surface area contributed by atoms with Crippen LogP contribution >= 0.6 is 0 Å². The number of benzene rings is 2. The first kappa shape index (κ1) is 23.8. The number of carbonyl (C=O) groups is 4. The number of nitrogens with zero attached hydrogens (tertiary/aromatic N) is 2. The Kier molecular flexibility index (Phi) is 7.66. The second-order valence-corrected chi connectivity index (χ2v) is 8.07. The van der Waals surface area contributed by atoms with E-state index in [1.807, 2.05) is 30.3 Å². The lowest BCUT2D eigenvalue weighted by Gasteiger charge is -2.25. The van der Waals surface area contributed by atoms with Crippen LogP contribution in [-0.2, 0) is 27.3 Å². The van der Waals surface area contributed by atoms with E-state index >= 15 is 0 Å². The Hall–Kier alpha value is -3.88. The van der Waals surface area contributed by atoms with Gasteiger partial charge in [0.25, 0.3) is 0 Å². The molecule has 33 heavy (non-hydrogen) atoms. The average Bonchev–Trinajstić information content (AvgIpc) is 3.15. The van der Waals surface area contributed by atoms with E-state index in [1.54, 1.807) is 38.4 Å². The van der Waals surface area contributed by atoms with Gasteiger partial charge < -0.3 is 25.0 Å². The summed E-state index contributed by atoms with van der Waals surface area (Å²) in [6.07, 6.45) is 0.109. The van der Waals surface area contributed by atoms with Crippen molar-refractivity contribution in [1.29, 1.82) is 0 Å². The minimum atomic E-state index is -1.18. The molecule has 0 bridgehead atoms. The van der Waals surface area contributed by atoms with Gasteiger partial charge in [0.05, 0.1) is 0 Å².